The van der Waals surface area contributed by atoms with Gasteiger partial charge in [-0.1, -0.05) is 12.1 Å². The van der Waals surface area contributed by atoms with Crippen LogP contribution in [-0.2, 0) is 6.18 Å². The first-order chi connectivity index (χ1) is 8.39. The molecule has 0 amide bonds. The molecule has 1 heterocycles. The quantitative estimate of drug-likeness (QED) is 0.762. The monoisotopic (exact) mass is 254 g/mol. The van der Waals surface area contributed by atoms with E-state index in [4.69, 9.17) is 4.42 Å². The van der Waals surface area contributed by atoms with Crippen molar-refractivity contribution in [2.75, 3.05) is 0 Å². The maximum absolute atomic E-state index is 12.5. The van der Waals surface area contributed by atoms with Gasteiger partial charge >= 0.3 is 6.18 Å². The summed E-state index contributed by atoms with van der Waals surface area (Å²) in [6.45, 7) is 1.66. The van der Waals surface area contributed by atoms with E-state index < -0.39 is 17.5 Å². The molecule has 0 bridgehead atoms. The largest absolute Gasteiger partial charge is 0.461 e. The normalized spacial score (nSPS) is 11.6. The maximum atomic E-state index is 12.5. The molecule has 1 aromatic heterocycles. The second-order valence-corrected chi connectivity index (χ2v) is 3.84. The van der Waals surface area contributed by atoms with E-state index in [1.165, 1.54) is 18.4 Å². The van der Waals surface area contributed by atoms with Gasteiger partial charge in [0.2, 0.25) is 5.78 Å². The van der Waals surface area contributed by atoms with Crippen molar-refractivity contribution in [3.05, 3.63) is 59.0 Å². The molecule has 0 fully saturated rings. The molecule has 0 atom stereocenters. The average Bonchev–Trinajstić information content (AvgIpc) is 2.73. The van der Waals surface area contributed by atoms with Crippen LogP contribution in [0.15, 0.2) is 41.0 Å². The summed E-state index contributed by atoms with van der Waals surface area (Å²) in [6, 6.07) is 5.87. The van der Waals surface area contributed by atoms with Crippen LogP contribution in [0.25, 0.3) is 0 Å². The number of carbonyl (C=O) groups is 1. The molecule has 0 aliphatic heterocycles. The topological polar surface area (TPSA) is 30.2 Å². The molecule has 0 N–H and O–H groups in total. The highest BCUT2D eigenvalue weighted by Crippen LogP contribution is 2.30. The Labute approximate surface area is 101 Å². The van der Waals surface area contributed by atoms with Gasteiger partial charge in [0.05, 0.1) is 11.8 Å². The molecule has 0 aliphatic rings. The van der Waals surface area contributed by atoms with E-state index in [-0.39, 0.29) is 11.3 Å². The first-order valence-electron chi connectivity index (χ1n) is 5.15. The molecule has 94 valence electrons. The van der Waals surface area contributed by atoms with Crippen LogP contribution >= 0.6 is 0 Å². The number of halogens is 3. The molecule has 2 nitrogen and oxygen atoms in total. The predicted molar refractivity (Wildman–Crippen MR) is 58.3 cm³/mol. The third kappa shape index (κ3) is 2.30. The van der Waals surface area contributed by atoms with Crippen LogP contribution in [0.5, 0.6) is 0 Å². The zero-order valence-corrected chi connectivity index (χ0v) is 9.41. The summed E-state index contributed by atoms with van der Waals surface area (Å²) < 4.78 is 42.5. The van der Waals surface area contributed by atoms with Crippen molar-refractivity contribution < 1.29 is 22.4 Å². The lowest BCUT2D eigenvalue weighted by Gasteiger charge is -2.07. The first kappa shape index (κ1) is 12.4. The SMILES string of the molecule is Cc1ccoc1C(=O)c1cccc(C(F)(F)F)c1. The summed E-state index contributed by atoms with van der Waals surface area (Å²) in [4.78, 5) is 11.9. The van der Waals surface area contributed by atoms with Gasteiger partial charge < -0.3 is 4.42 Å². The first-order valence-corrected chi connectivity index (χ1v) is 5.15. The molecule has 18 heavy (non-hydrogen) atoms. The Hall–Kier alpha value is -2.04. The lowest BCUT2D eigenvalue weighted by Crippen LogP contribution is -2.08. The van der Waals surface area contributed by atoms with Crippen molar-refractivity contribution >= 4 is 5.78 Å². The van der Waals surface area contributed by atoms with E-state index in [2.05, 4.69) is 0 Å². The molecule has 1 aromatic carbocycles. The Morgan fingerprint density at radius 1 is 1.22 bits per heavy atom. The molecule has 0 unspecified atom stereocenters. The highest BCUT2D eigenvalue weighted by molar-refractivity contribution is 6.08. The van der Waals surface area contributed by atoms with Gasteiger partial charge in [0.1, 0.15) is 0 Å². The van der Waals surface area contributed by atoms with Gasteiger partial charge in [0, 0.05) is 5.56 Å². The fourth-order valence-corrected chi connectivity index (χ4v) is 1.57. The minimum Gasteiger partial charge on any atom is -0.461 e. The molecule has 0 aliphatic carbocycles. The van der Waals surface area contributed by atoms with Crippen LogP contribution in [0.2, 0.25) is 0 Å². The molecule has 0 saturated heterocycles. The number of furan rings is 1. The second-order valence-electron chi connectivity index (χ2n) is 3.84. The molecule has 0 radical (unpaired) electrons. The van der Waals surface area contributed by atoms with Crippen LogP contribution in [0.1, 0.15) is 27.2 Å². The Morgan fingerprint density at radius 2 is 1.94 bits per heavy atom. The van der Waals surface area contributed by atoms with Crippen LogP contribution in [0.4, 0.5) is 13.2 Å². The molecular weight excluding hydrogens is 245 g/mol. The van der Waals surface area contributed by atoms with E-state index in [9.17, 15) is 18.0 Å². The fraction of sp³-hybridized carbons (Fsp3) is 0.154. The number of aryl methyl sites for hydroxylation is 1. The number of benzene rings is 1. The van der Waals surface area contributed by atoms with Crippen LogP contribution in [0.3, 0.4) is 0 Å². The van der Waals surface area contributed by atoms with E-state index in [1.807, 2.05) is 0 Å². The third-order valence-electron chi connectivity index (χ3n) is 2.52. The fourth-order valence-electron chi connectivity index (χ4n) is 1.57. The number of hydrogen-bond donors (Lipinski definition) is 0. The maximum Gasteiger partial charge on any atom is 0.416 e. The van der Waals surface area contributed by atoms with Crippen molar-refractivity contribution in [1.29, 1.82) is 0 Å². The number of rotatable bonds is 2. The van der Waals surface area contributed by atoms with Gasteiger partial charge in [-0.15, -0.1) is 0 Å². The number of alkyl halides is 3. The van der Waals surface area contributed by atoms with Crippen molar-refractivity contribution in [1.82, 2.24) is 0 Å². The van der Waals surface area contributed by atoms with Gasteiger partial charge in [-0.25, -0.2) is 0 Å². The van der Waals surface area contributed by atoms with Crippen molar-refractivity contribution in [3.8, 4) is 0 Å². The van der Waals surface area contributed by atoms with Gasteiger partial charge in [-0.05, 0) is 30.7 Å². The Bertz CT molecular complexity index is 582. The van der Waals surface area contributed by atoms with Gasteiger partial charge in [0.15, 0.2) is 5.76 Å². The van der Waals surface area contributed by atoms with Crippen molar-refractivity contribution in [2.45, 2.75) is 13.1 Å². The van der Waals surface area contributed by atoms with Crippen LogP contribution < -0.4 is 0 Å². The number of hydrogen-bond acceptors (Lipinski definition) is 2. The third-order valence-corrected chi connectivity index (χ3v) is 2.52. The van der Waals surface area contributed by atoms with Gasteiger partial charge in [-0.3, -0.25) is 4.79 Å². The minimum atomic E-state index is -4.46. The van der Waals surface area contributed by atoms with Crippen LogP contribution in [-0.4, -0.2) is 5.78 Å². The predicted octanol–water partition coefficient (Wildman–Crippen LogP) is 3.84. The Kier molecular flexibility index (Phi) is 2.98. The average molecular weight is 254 g/mol. The standard InChI is InChI=1S/C13H9F3O2/c1-8-5-6-18-12(8)11(17)9-3-2-4-10(7-9)13(14,15)16/h2-7H,1H3. The smallest absolute Gasteiger partial charge is 0.416 e. The Morgan fingerprint density at radius 3 is 2.50 bits per heavy atom. The van der Waals surface area contributed by atoms with Crippen LogP contribution in [0, 0.1) is 6.92 Å². The summed E-state index contributed by atoms with van der Waals surface area (Å²) in [7, 11) is 0. The second kappa shape index (κ2) is 4.33. The molecule has 5 heteroatoms. The summed E-state index contributed by atoms with van der Waals surface area (Å²) in [6.07, 6.45) is -3.13. The summed E-state index contributed by atoms with van der Waals surface area (Å²) in [5.74, 6) is -0.488. The number of carbonyl (C=O) groups excluding carboxylic acids is 1. The van der Waals surface area contributed by atoms with E-state index in [0.29, 0.717) is 5.56 Å². The molecule has 0 spiro atoms. The summed E-state index contributed by atoms with van der Waals surface area (Å²) in [5, 5.41) is 0. The van der Waals surface area contributed by atoms with Gasteiger partial charge in [-0.2, -0.15) is 13.2 Å². The minimum absolute atomic E-state index is 0.0390. The van der Waals surface area contributed by atoms with Gasteiger partial charge in [0.25, 0.3) is 0 Å². The molecule has 2 rings (SSSR count). The van der Waals surface area contributed by atoms with E-state index >= 15 is 0 Å². The molecular formula is C13H9F3O2. The zero-order chi connectivity index (χ0) is 13.3. The van der Waals surface area contributed by atoms with E-state index in [1.54, 1.807) is 13.0 Å². The molecule has 0 saturated carbocycles. The summed E-state index contributed by atoms with van der Waals surface area (Å²) >= 11 is 0. The summed E-state index contributed by atoms with van der Waals surface area (Å²) in [5.41, 5.74) is -0.294. The van der Waals surface area contributed by atoms with E-state index in [0.717, 1.165) is 12.1 Å². The molecule has 2 aromatic rings. The highest BCUT2D eigenvalue weighted by atomic mass is 19.4. The van der Waals surface area contributed by atoms with Crippen molar-refractivity contribution in [2.24, 2.45) is 0 Å². The lowest BCUT2D eigenvalue weighted by molar-refractivity contribution is -0.137. The zero-order valence-electron chi connectivity index (χ0n) is 9.41. The van der Waals surface area contributed by atoms with Crippen molar-refractivity contribution in [3.63, 3.8) is 0 Å². The highest BCUT2D eigenvalue weighted by Gasteiger charge is 2.31. The number of ketones is 1. The Balaban J connectivity index is 2.41. The lowest BCUT2D eigenvalue weighted by atomic mass is 10.0.